The van der Waals surface area contributed by atoms with Crippen molar-refractivity contribution in [3.05, 3.63) is 29.8 Å². The summed E-state index contributed by atoms with van der Waals surface area (Å²) in [6, 6.07) is 7.46. The molecule has 0 aliphatic rings. The minimum absolute atomic E-state index is 0.342. The van der Waals surface area contributed by atoms with Crippen LogP contribution in [-0.2, 0) is 0 Å². The van der Waals surface area contributed by atoms with Gasteiger partial charge in [0.05, 0.1) is 0 Å². The van der Waals surface area contributed by atoms with Crippen molar-refractivity contribution >= 4 is 0 Å². The molecule has 1 nitrogen and oxygen atoms in total. The Balaban J connectivity index is 2.82. The Bertz CT molecular complexity index is 236. The monoisotopic (exact) mass is 164 g/mol. The molecule has 1 N–H and O–H groups in total. The maximum atomic E-state index is 9.08. The van der Waals surface area contributed by atoms with Crippen molar-refractivity contribution < 1.29 is 5.11 Å². The van der Waals surface area contributed by atoms with Crippen LogP contribution < -0.4 is 0 Å². The summed E-state index contributed by atoms with van der Waals surface area (Å²) in [4.78, 5) is 0. The van der Waals surface area contributed by atoms with Gasteiger partial charge in [-0.25, -0.2) is 0 Å². The highest BCUT2D eigenvalue weighted by Crippen LogP contribution is 2.24. The third kappa shape index (κ3) is 2.00. The van der Waals surface area contributed by atoms with E-state index in [9.17, 15) is 0 Å². The zero-order valence-electron chi connectivity index (χ0n) is 7.91. The van der Waals surface area contributed by atoms with E-state index < -0.39 is 0 Å². The molecule has 0 saturated carbocycles. The van der Waals surface area contributed by atoms with Crippen LogP contribution in [0.4, 0.5) is 0 Å². The summed E-state index contributed by atoms with van der Waals surface area (Å²) in [5.74, 6) is 1.55. The Morgan fingerprint density at radius 2 is 1.50 bits per heavy atom. The van der Waals surface area contributed by atoms with E-state index in [0.29, 0.717) is 17.6 Å². The SMILES string of the molecule is CC(C)[C@@H](C)c1ccc(O)cc1. The van der Waals surface area contributed by atoms with E-state index in [1.54, 1.807) is 12.1 Å². The lowest BCUT2D eigenvalue weighted by atomic mass is 9.90. The summed E-state index contributed by atoms with van der Waals surface area (Å²) in [6.45, 7) is 6.62. The largest absolute Gasteiger partial charge is 0.508 e. The van der Waals surface area contributed by atoms with Gasteiger partial charge >= 0.3 is 0 Å². The van der Waals surface area contributed by atoms with Crippen molar-refractivity contribution in [2.24, 2.45) is 5.92 Å². The fraction of sp³-hybridized carbons (Fsp3) is 0.455. The van der Waals surface area contributed by atoms with E-state index >= 15 is 0 Å². The van der Waals surface area contributed by atoms with Crippen LogP contribution in [0, 0.1) is 5.92 Å². The van der Waals surface area contributed by atoms with Crippen molar-refractivity contribution in [2.75, 3.05) is 0 Å². The first kappa shape index (κ1) is 9.11. The molecule has 1 heteroatoms. The highest BCUT2D eigenvalue weighted by Gasteiger charge is 2.08. The standard InChI is InChI=1S/C11H16O/c1-8(2)9(3)10-4-6-11(12)7-5-10/h4-9,12H,1-3H3/t9-/m1/s1. The minimum Gasteiger partial charge on any atom is -0.508 e. The van der Waals surface area contributed by atoms with Gasteiger partial charge in [-0.3, -0.25) is 0 Å². The molecular weight excluding hydrogens is 148 g/mol. The van der Waals surface area contributed by atoms with Gasteiger partial charge in [-0.2, -0.15) is 0 Å². The first-order chi connectivity index (χ1) is 5.61. The molecule has 0 amide bonds. The predicted octanol–water partition coefficient (Wildman–Crippen LogP) is 3.15. The van der Waals surface area contributed by atoms with Crippen LogP contribution in [0.25, 0.3) is 0 Å². The van der Waals surface area contributed by atoms with Gasteiger partial charge in [0, 0.05) is 0 Å². The van der Waals surface area contributed by atoms with Gasteiger partial charge in [-0.15, -0.1) is 0 Å². The van der Waals surface area contributed by atoms with Crippen molar-refractivity contribution in [3.63, 3.8) is 0 Å². The lowest BCUT2D eigenvalue weighted by Crippen LogP contribution is -2.01. The fourth-order valence-corrected chi connectivity index (χ4v) is 1.16. The lowest BCUT2D eigenvalue weighted by Gasteiger charge is -2.15. The normalized spacial score (nSPS) is 13.3. The number of phenols is 1. The van der Waals surface area contributed by atoms with E-state index in [1.165, 1.54) is 5.56 Å². The van der Waals surface area contributed by atoms with E-state index in [1.807, 2.05) is 12.1 Å². The maximum absolute atomic E-state index is 9.08. The van der Waals surface area contributed by atoms with Crippen molar-refractivity contribution in [3.8, 4) is 5.75 Å². The van der Waals surface area contributed by atoms with E-state index in [0.717, 1.165) is 0 Å². The molecular formula is C11H16O. The molecule has 66 valence electrons. The molecule has 1 atom stereocenters. The van der Waals surface area contributed by atoms with Gasteiger partial charge in [0.1, 0.15) is 5.75 Å². The smallest absolute Gasteiger partial charge is 0.115 e. The Morgan fingerprint density at radius 3 is 1.92 bits per heavy atom. The van der Waals surface area contributed by atoms with Crippen LogP contribution in [0.3, 0.4) is 0 Å². The molecule has 1 aromatic rings. The molecule has 0 aliphatic heterocycles. The van der Waals surface area contributed by atoms with Crippen LogP contribution in [0.5, 0.6) is 5.75 Å². The van der Waals surface area contributed by atoms with E-state index in [2.05, 4.69) is 20.8 Å². The molecule has 0 aliphatic carbocycles. The highest BCUT2D eigenvalue weighted by molar-refractivity contribution is 5.28. The van der Waals surface area contributed by atoms with Gasteiger partial charge in [0.2, 0.25) is 0 Å². The molecule has 0 heterocycles. The van der Waals surface area contributed by atoms with Gasteiger partial charge in [0.15, 0.2) is 0 Å². The van der Waals surface area contributed by atoms with Crippen LogP contribution in [0.1, 0.15) is 32.3 Å². The van der Waals surface area contributed by atoms with Crippen LogP contribution in [0.2, 0.25) is 0 Å². The van der Waals surface area contributed by atoms with E-state index in [4.69, 9.17) is 5.11 Å². The summed E-state index contributed by atoms with van der Waals surface area (Å²) in [6.07, 6.45) is 0. The molecule has 0 bridgehead atoms. The molecule has 0 unspecified atom stereocenters. The second-order valence-electron chi connectivity index (χ2n) is 3.62. The Labute approximate surface area is 74.1 Å². The molecule has 0 spiro atoms. The number of rotatable bonds is 2. The molecule has 0 saturated heterocycles. The summed E-state index contributed by atoms with van der Waals surface area (Å²) in [5, 5.41) is 9.08. The topological polar surface area (TPSA) is 20.2 Å². The highest BCUT2D eigenvalue weighted by atomic mass is 16.3. The van der Waals surface area contributed by atoms with Gasteiger partial charge in [-0.1, -0.05) is 32.9 Å². The summed E-state index contributed by atoms with van der Waals surface area (Å²) >= 11 is 0. The van der Waals surface area contributed by atoms with E-state index in [-0.39, 0.29) is 0 Å². The van der Waals surface area contributed by atoms with Gasteiger partial charge < -0.3 is 5.11 Å². The summed E-state index contributed by atoms with van der Waals surface area (Å²) < 4.78 is 0. The summed E-state index contributed by atoms with van der Waals surface area (Å²) in [5.41, 5.74) is 1.29. The zero-order valence-corrected chi connectivity index (χ0v) is 7.91. The molecule has 0 fully saturated rings. The summed E-state index contributed by atoms with van der Waals surface area (Å²) in [7, 11) is 0. The average molecular weight is 164 g/mol. The first-order valence-electron chi connectivity index (χ1n) is 4.40. The molecule has 1 rings (SSSR count). The molecule has 0 aromatic heterocycles. The van der Waals surface area contributed by atoms with Gasteiger partial charge in [0.25, 0.3) is 0 Å². The third-order valence-electron chi connectivity index (χ3n) is 2.42. The van der Waals surface area contributed by atoms with Crippen LogP contribution in [0.15, 0.2) is 24.3 Å². The van der Waals surface area contributed by atoms with Crippen molar-refractivity contribution in [2.45, 2.75) is 26.7 Å². The molecule has 0 radical (unpaired) electrons. The zero-order chi connectivity index (χ0) is 9.14. The van der Waals surface area contributed by atoms with Crippen molar-refractivity contribution in [1.82, 2.24) is 0 Å². The Kier molecular flexibility index (Phi) is 2.74. The maximum Gasteiger partial charge on any atom is 0.115 e. The average Bonchev–Trinajstić information content (AvgIpc) is 2.04. The fourth-order valence-electron chi connectivity index (χ4n) is 1.16. The number of hydrogen-bond donors (Lipinski definition) is 1. The predicted molar refractivity (Wildman–Crippen MR) is 51.4 cm³/mol. The molecule has 1 aromatic carbocycles. The third-order valence-corrected chi connectivity index (χ3v) is 2.42. The number of phenolic OH excluding ortho intramolecular Hbond substituents is 1. The van der Waals surface area contributed by atoms with Crippen LogP contribution in [-0.4, -0.2) is 5.11 Å². The Morgan fingerprint density at radius 1 is 1.00 bits per heavy atom. The van der Waals surface area contributed by atoms with Gasteiger partial charge in [-0.05, 0) is 29.5 Å². The second-order valence-corrected chi connectivity index (χ2v) is 3.62. The second kappa shape index (κ2) is 3.61. The first-order valence-corrected chi connectivity index (χ1v) is 4.40. The van der Waals surface area contributed by atoms with Crippen molar-refractivity contribution in [1.29, 1.82) is 0 Å². The number of benzene rings is 1. The number of aromatic hydroxyl groups is 1. The quantitative estimate of drug-likeness (QED) is 0.712. The lowest BCUT2D eigenvalue weighted by molar-refractivity contribution is 0.473. The number of hydrogen-bond acceptors (Lipinski definition) is 1. The van der Waals surface area contributed by atoms with Crippen LogP contribution >= 0.6 is 0 Å². The minimum atomic E-state index is 0.342. The molecule has 12 heavy (non-hydrogen) atoms. The Hall–Kier alpha value is -0.980.